The van der Waals surface area contributed by atoms with Gasteiger partial charge in [0.05, 0.1) is 11.8 Å². The summed E-state index contributed by atoms with van der Waals surface area (Å²) in [5.41, 5.74) is 3.67. The average Bonchev–Trinajstić information content (AvgIpc) is 2.95. The smallest absolute Gasteiger partial charge is 0.253 e. The van der Waals surface area contributed by atoms with Gasteiger partial charge in [0.25, 0.3) is 5.91 Å². The highest BCUT2D eigenvalue weighted by molar-refractivity contribution is 5.94. The highest BCUT2D eigenvalue weighted by Crippen LogP contribution is 2.11. The van der Waals surface area contributed by atoms with E-state index in [-0.39, 0.29) is 5.91 Å². The molecule has 2 rings (SSSR count). The second kappa shape index (κ2) is 19.1. The summed E-state index contributed by atoms with van der Waals surface area (Å²) in [6.07, 6.45) is 6.18. The minimum absolute atomic E-state index is 0.0445. The van der Waals surface area contributed by atoms with Gasteiger partial charge in [-0.05, 0) is 69.9 Å². The molecule has 1 amide bonds. The lowest BCUT2D eigenvalue weighted by molar-refractivity contribution is 0.0751. The minimum Gasteiger partial charge on any atom is -0.387 e. The second-order valence-electron chi connectivity index (χ2n) is 8.54. The number of aliphatic hydroxyl groups is 1. The van der Waals surface area contributed by atoms with Crippen molar-refractivity contribution >= 4 is 12.6 Å². The number of hydrogen-bond acceptors (Lipinski definition) is 5. The summed E-state index contributed by atoms with van der Waals surface area (Å²) in [5, 5.41) is 13.5. The molecule has 0 bridgehead atoms. The van der Waals surface area contributed by atoms with Crippen molar-refractivity contribution < 1.29 is 9.90 Å². The van der Waals surface area contributed by atoms with Crippen molar-refractivity contribution in [1.82, 2.24) is 15.1 Å². The molecule has 202 valence electrons. The van der Waals surface area contributed by atoms with Crippen molar-refractivity contribution in [3.05, 3.63) is 95.2 Å². The van der Waals surface area contributed by atoms with Gasteiger partial charge in [0.1, 0.15) is 0 Å². The van der Waals surface area contributed by atoms with Crippen LogP contribution in [0.1, 0.15) is 55.3 Å². The molecule has 0 saturated heterocycles. The lowest BCUT2D eigenvalue weighted by atomic mass is 10.1. The number of aliphatic hydroxyl groups excluding tert-OH is 1. The summed E-state index contributed by atoms with van der Waals surface area (Å²) in [7, 11) is 2.02. The molecule has 1 unspecified atom stereocenters. The molecule has 0 aliphatic rings. The summed E-state index contributed by atoms with van der Waals surface area (Å²) in [4.78, 5) is 21.1. The van der Waals surface area contributed by atoms with E-state index in [9.17, 15) is 9.90 Å². The molecule has 0 radical (unpaired) electrons. The fraction of sp³-hybridized carbons (Fsp3) is 0.419. The van der Waals surface area contributed by atoms with Crippen molar-refractivity contribution in [1.29, 1.82) is 0 Å². The van der Waals surface area contributed by atoms with Gasteiger partial charge >= 0.3 is 0 Å². The fourth-order valence-electron chi connectivity index (χ4n) is 3.67. The molecule has 6 nitrogen and oxygen atoms in total. The molecule has 0 spiro atoms. The van der Waals surface area contributed by atoms with Crippen LogP contribution in [0.4, 0.5) is 0 Å². The third-order valence-electron chi connectivity index (χ3n) is 5.85. The molecule has 6 heteroatoms. The largest absolute Gasteiger partial charge is 0.387 e. The number of amides is 1. The fourth-order valence-corrected chi connectivity index (χ4v) is 3.67. The van der Waals surface area contributed by atoms with Crippen molar-refractivity contribution in [3.63, 3.8) is 0 Å². The Morgan fingerprint density at radius 3 is 2.38 bits per heavy atom. The number of aliphatic imine (C=N–C) groups is 1. The number of hydrogen-bond donors (Lipinski definition) is 2. The maximum absolute atomic E-state index is 13.0. The van der Waals surface area contributed by atoms with E-state index in [4.69, 9.17) is 0 Å². The van der Waals surface area contributed by atoms with Gasteiger partial charge in [-0.25, -0.2) is 0 Å². The zero-order valence-corrected chi connectivity index (χ0v) is 23.4. The van der Waals surface area contributed by atoms with Crippen LogP contribution in [0.15, 0.2) is 83.5 Å². The van der Waals surface area contributed by atoms with Crippen LogP contribution in [0.2, 0.25) is 0 Å². The monoisotopic (exact) mass is 506 g/mol. The molecule has 1 atom stereocenters. The first-order valence-electron chi connectivity index (χ1n) is 13.3. The quantitative estimate of drug-likeness (QED) is 0.200. The zero-order chi connectivity index (χ0) is 27.5. The Bertz CT molecular complexity index is 955. The van der Waals surface area contributed by atoms with Gasteiger partial charge in [-0.2, -0.15) is 0 Å². The summed E-state index contributed by atoms with van der Waals surface area (Å²) in [6, 6.07) is 17.5. The minimum atomic E-state index is -0.515. The van der Waals surface area contributed by atoms with E-state index in [2.05, 4.69) is 21.9 Å². The number of rotatable bonds is 15. The van der Waals surface area contributed by atoms with Gasteiger partial charge in [0.2, 0.25) is 0 Å². The molecule has 0 aliphatic heterocycles. The Morgan fingerprint density at radius 1 is 1.11 bits per heavy atom. The Kier molecular flexibility index (Phi) is 16.5. The molecule has 2 N–H and O–H groups in total. The van der Waals surface area contributed by atoms with Crippen LogP contribution < -0.4 is 5.32 Å². The highest BCUT2D eigenvalue weighted by Gasteiger charge is 2.15. The van der Waals surface area contributed by atoms with E-state index in [1.54, 1.807) is 0 Å². The number of likely N-dealkylation sites (N-methyl/N-ethyl adjacent to an activating group) is 2. The van der Waals surface area contributed by atoms with Gasteiger partial charge in [-0.1, -0.05) is 68.5 Å². The van der Waals surface area contributed by atoms with Crippen LogP contribution in [-0.2, 0) is 6.42 Å². The third-order valence-corrected chi connectivity index (χ3v) is 5.85. The zero-order valence-electron chi connectivity index (χ0n) is 23.4. The summed E-state index contributed by atoms with van der Waals surface area (Å²) in [6.45, 7) is 15.6. The van der Waals surface area contributed by atoms with Crippen molar-refractivity contribution in [3.8, 4) is 0 Å². The predicted octanol–water partition coefficient (Wildman–Crippen LogP) is 5.13. The first kappa shape index (κ1) is 32.0. The van der Waals surface area contributed by atoms with Gasteiger partial charge in [-0.15, -0.1) is 0 Å². The molecule has 0 fully saturated rings. The Hall–Kier alpha value is -3.06. The maximum Gasteiger partial charge on any atom is 0.253 e. The van der Waals surface area contributed by atoms with Crippen LogP contribution in [-0.4, -0.2) is 73.8 Å². The van der Waals surface area contributed by atoms with Crippen LogP contribution in [0.5, 0.6) is 0 Å². The van der Waals surface area contributed by atoms with Crippen molar-refractivity contribution in [2.24, 2.45) is 4.99 Å². The molecule has 0 heterocycles. The maximum atomic E-state index is 13.0. The van der Waals surface area contributed by atoms with Gasteiger partial charge in [0, 0.05) is 38.3 Å². The van der Waals surface area contributed by atoms with E-state index in [1.807, 2.05) is 112 Å². The van der Waals surface area contributed by atoms with Crippen LogP contribution in [0, 0.1) is 0 Å². The standard InChI is InChI=1S/C29H40N4O2.C2H6/c1-5-7-13-27(30-3)23-32(4)20-21-33(6-2)29(35)26-16-14-24(15-17-26)18-19-31-22-28(34)25-11-9-8-10-12-25;1-2/h5,7-17,28,31,34H,3,6,18-23H2,1-2,4H3;1-2H3/b7-5-,27-13-;. The Morgan fingerprint density at radius 2 is 1.78 bits per heavy atom. The lowest BCUT2D eigenvalue weighted by Crippen LogP contribution is -2.37. The van der Waals surface area contributed by atoms with Crippen molar-refractivity contribution in [2.75, 3.05) is 46.3 Å². The van der Waals surface area contributed by atoms with Crippen LogP contribution in [0.3, 0.4) is 0 Å². The molecule has 2 aromatic carbocycles. The van der Waals surface area contributed by atoms with Crippen molar-refractivity contribution in [2.45, 2.75) is 40.2 Å². The topological polar surface area (TPSA) is 68.2 Å². The molecular formula is C31H46N4O2. The Labute approximate surface area is 224 Å². The van der Waals surface area contributed by atoms with Gasteiger partial charge in [0.15, 0.2) is 0 Å². The first-order valence-corrected chi connectivity index (χ1v) is 13.3. The molecule has 2 aromatic rings. The van der Waals surface area contributed by atoms with Gasteiger partial charge in [-0.3, -0.25) is 14.7 Å². The van der Waals surface area contributed by atoms with Crippen LogP contribution in [0.25, 0.3) is 0 Å². The number of nitrogens with one attached hydrogen (secondary N) is 1. The third kappa shape index (κ3) is 12.2. The van der Waals surface area contributed by atoms with E-state index >= 15 is 0 Å². The Balaban J connectivity index is 0.00000334. The van der Waals surface area contributed by atoms with Crippen LogP contribution >= 0.6 is 0 Å². The SMILES string of the molecule is C=N/C(=C\C=C/C)CN(C)CCN(CC)C(=O)c1ccc(CCNCC(O)c2ccccc2)cc1.CC. The molecule has 0 aromatic heterocycles. The predicted molar refractivity (Wildman–Crippen MR) is 157 cm³/mol. The number of allylic oxidation sites excluding steroid dienone is 3. The van der Waals surface area contributed by atoms with E-state index in [0.717, 1.165) is 36.3 Å². The number of carbonyl (C=O) groups is 1. The molecule has 0 aliphatic carbocycles. The summed E-state index contributed by atoms with van der Waals surface area (Å²) >= 11 is 0. The molecular weight excluding hydrogens is 460 g/mol. The number of nitrogens with zero attached hydrogens (tertiary/aromatic N) is 3. The summed E-state index contributed by atoms with van der Waals surface area (Å²) in [5.74, 6) is 0.0445. The molecule has 37 heavy (non-hydrogen) atoms. The summed E-state index contributed by atoms with van der Waals surface area (Å²) < 4.78 is 0. The highest BCUT2D eigenvalue weighted by atomic mass is 16.3. The average molecular weight is 507 g/mol. The van der Waals surface area contributed by atoms with Gasteiger partial charge < -0.3 is 15.3 Å². The van der Waals surface area contributed by atoms with E-state index < -0.39 is 6.10 Å². The normalized spacial score (nSPS) is 12.2. The van der Waals surface area contributed by atoms with E-state index in [0.29, 0.717) is 31.7 Å². The molecule has 0 saturated carbocycles. The lowest BCUT2D eigenvalue weighted by Gasteiger charge is -2.25. The number of benzene rings is 2. The first-order chi connectivity index (χ1) is 18.0. The van der Waals surface area contributed by atoms with E-state index in [1.165, 1.54) is 0 Å². The number of carbonyl (C=O) groups excluding carboxylic acids is 1. The second-order valence-corrected chi connectivity index (χ2v) is 8.54.